The molecule has 1 aromatic heterocycles. The smallest absolute Gasteiger partial charge is 0.163 e. The quantitative estimate of drug-likeness (QED) is 0.0819. The van der Waals surface area contributed by atoms with Gasteiger partial charge in [0.05, 0.1) is 11.3 Å². The summed E-state index contributed by atoms with van der Waals surface area (Å²) in [6, 6.07) is 29.9. The van der Waals surface area contributed by atoms with E-state index in [1.54, 1.807) is 18.2 Å². The molecule has 0 saturated carbocycles. The molecule has 0 fully saturated rings. The molecule has 5 aromatic rings. The Kier molecular flexibility index (Phi) is 9.69. The fourth-order valence-corrected chi connectivity index (χ4v) is 3.99. The van der Waals surface area contributed by atoms with Crippen molar-refractivity contribution >= 4 is 54.2 Å². The Balaban J connectivity index is 0.000000164. The number of fused-ring (bicyclic) bond motifs is 1. The van der Waals surface area contributed by atoms with Gasteiger partial charge in [-0.3, -0.25) is 10.6 Å². The van der Waals surface area contributed by atoms with Crippen LogP contribution in [0.1, 0.15) is 17.3 Å². The molecule has 6 nitrogen and oxygen atoms in total. The summed E-state index contributed by atoms with van der Waals surface area (Å²) in [6.07, 6.45) is 0. The van der Waals surface area contributed by atoms with E-state index >= 15 is 0 Å². The Hall–Kier alpha value is -3.59. The van der Waals surface area contributed by atoms with Crippen LogP contribution in [0.5, 0.6) is 11.5 Å². The first kappa shape index (κ1) is 27.0. The zero-order chi connectivity index (χ0) is 26.1. The normalized spacial score (nSPS) is 10.0. The lowest BCUT2D eigenvalue weighted by molar-refractivity contribution is 0.101. The van der Waals surface area contributed by atoms with Crippen molar-refractivity contribution in [3.8, 4) is 22.8 Å². The van der Waals surface area contributed by atoms with Crippen molar-refractivity contribution in [2.45, 2.75) is 6.92 Å². The number of hydrogen-bond acceptors (Lipinski definition) is 5. The van der Waals surface area contributed by atoms with Crippen LogP contribution in [-0.2, 0) is 0 Å². The van der Waals surface area contributed by atoms with Crippen molar-refractivity contribution in [3.63, 3.8) is 0 Å². The van der Waals surface area contributed by atoms with E-state index in [2.05, 4.69) is 42.3 Å². The van der Waals surface area contributed by atoms with Crippen LogP contribution in [0.15, 0.2) is 106 Å². The number of phenols is 2. The van der Waals surface area contributed by atoms with Crippen molar-refractivity contribution in [3.05, 3.63) is 112 Å². The van der Waals surface area contributed by atoms with Gasteiger partial charge in [-0.25, -0.2) is 0 Å². The SMILES string of the molecule is CC(=O)c1cc(Br)ccc1O.NNc1ccccc1.Oc1ccc(Br)cc1-c1cc2ccccc2[nH]1. The molecule has 0 unspecified atom stereocenters. The molecule has 8 heteroatoms. The van der Waals surface area contributed by atoms with Gasteiger partial charge < -0.3 is 20.6 Å². The Morgan fingerprint density at radius 1 is 0.806 bits per heavy atom. The number of hydrazine groups is 1. The summed E-state index contributed by atoms with van der Waals surface area (Å²) in [4.78, 5) is 14.1. The zero-order valence-corrected chi connectivity index (χ0v) is 22.5. The molecule has 1 heterocycles. The van der Waals surface area contributed by atoms with Crippen LogP contribution in [0.2, 0.25) is 0 Å². The van der Waals surface area contributed by atoms with Gasteiger partial charge >= 0.3 is 0 Å². The number of carbonyl (C=O) groups excluding carboxylic acids is 1. The molecule has 6 N–H and O–H groups in total. The lowest BCUT2D eigenvalue weighted by atomic mass is 10.1. The third-order valence-corrected chi connectivity index (χ3v) is 6.04. The van der Waals surface area contributed by atoms with Gasteiger partial charge in [0, 0.05) is 31.1 Å². The van der Waals surface area contributed by atoms with Crippen LogP contribution >= 0.6 is 31.9 Å². The van der Waals surface area contributed by atoms with Crippen molar-refractivity contribution in [2.75, 3.05) is 5.43 Å². The molecular formula is C28H25Br2N3O3. The second-order valence-electron chi connectivity index (χ2n) is 7.66. The predicted octanol–water partition coefficient (Wildman–Crippen LogP) is 7.63. The summed E-state index contributed by atoms with van der Waals surface area (Å²) in [5.74, 6) is 5.27. The molecule has 5 rings (SSSR count). The minimum Gasteiger partial charge on any atom is -0.507 e. The largest absolute Gasteiger partial charge is 0.507 e. The number of halogens is 2. The highest BCUT2D eigenvalue weighted by atomic mass is 79.9. The summed E-state index contributed by atoms with van der Waals surface area (Å²) < 4.78 is 1.74. The van der Waals surface area contributed by atoms with E-state index in [0.29, 0.717) is 5.56 Å². The van der Waals surface area contributed by atoms with E-state index in [1.807, 2.05) is 72.8 Å². The number of nitrogen functional groups attached to an aromatic ring is 1. The number of Topliss-reactive ketones (excluding diaryl/α,β-unsaturated/α-hetero) is 1. The molecule has 0 atom stereocenters. The summed E-state index contributed by atoms with van der Waals surface area (Å²) in [7, 11) is 0. The Labute approximate surface area is 226 Å². The number of carbonyl (C=O) groups is 1. The highest BCUT2D eigenvalue weighted by Crippen LogP contribution is 2.33. The topological polar surface area (TPSA) is 111 Å². The molecule has 0 aliphatic heterocycles. The van der Waals surface area contributed by atoms with Crippen molar-refractivity contribution in [2.24, 2.45) is 5.84 Å². The molecule has 4 aromatic carbocycles. The molecule has 0 radical (unpaired) electrons. The van der Waals surface area contributed by atoms with Gasteiger partial charge in [-0.1, -0.05) is 68.3 Å². The number of ketones is 1. The number of anilines is 1. The number of benzene rings is 4. The highest BCUT2D eigenvalue weighted by molar-refractivity contribution is 9.10. The fraction of sp³-hybridized carbons (Fsp3) is 0.0357. The number of nitrogens with one attached hydrogen (secondary N) is 2. The number of aromatic nitrogens is 1. The molecule has 0 bridgehead atoms. The lowest BCUT2D eigenvalue weighted by Gasteiger charge is -2.02. The summed E-state index contributed by atoms with van der Waals surface area (Å²) in [5, 5.41) is 20.2. The molecule has 36 heavy (non-hydrogen) atoms. The number of aromatic hydroxyl groups is 2. The Bertz CT molecular complexity index is 1420. The number of para-hydroxylation sites is 2. The second-order valence-corrected chi connectivity index (χ2v) is 9.49. The molecule has 0 spiro atoms. The van der Waals surface area contributed by atoms with Crippen LogP contribution in [0, 0.1) is 0 Å². The molecule has 184 valence electrons. The lowest BCUT2D eigenvalue weighted by Crippen LogP contribution is -2.05. The van der Waals surface area contributed by atoms with Crippen LogP contribution in [0.25, 0.3) is 22.2 Å². The highest BCUT2D eigenvalue weighted by Gasteiger charge is 2.08. The Morgan fingerprint density at radius 2 is 1.42 bits per heavy atom. The first-order chi connectivity index (χ1) is 17.3. The maximum atomic E-state index is 10.8. The average Bonchev–Trinajstić information content (AvgIpc) is 3.32. The molecular weight excluding hydrogens is 586 g/mol. The predicted molar refractivity (Wildman–Crippen MR) is 153 cm³/mol. The van der Waals surface area contributed by atoms with Gasteiger partial charge in [-0.15, -0.1) is 0 Å². The summed E-state index contributed by atoms with van der Waals surface area (Å²) in [6.45, 7) is 1.42. The average molecular weight is 611 g/mol. The van der Waals surface area contributed by atoms with Gasteiger partial charge in [0.1, 0.15) is 11.5 Å². The van der Waals surface area contributed by atoms with E-state index in [9.17, 15) is 9.90 Å². The summed E-state index contributed by atoms with van der Waals surface area (Å²) >= 11 is 6.61. The zero-order valence-electron chi connectivity index (χ0n) is 19.4. The van der Waals surface area contributed by atoms with Gasteiger partial charge in [-0.05, 0) is 67.6 Å². The summed E-state index contributed by atoms with van der Waals surface area (Å²) in [5.41, 5.74) is 6.61. The van der Waals surface area contributed by atoms with Crippen LogP contribution < -0.4 is 11.3 Å². The number of phenolic OH excluding ortho intramolecular Hbond substituents is 2. The van der Waals surface area contributed by atoms with E-state index in [-0.39, 0.29) is 17.3 Å². The monoisotopic (exact) mass is 609 g/mol. The van der Waals surface area contributed by atoms with E-state index in [1.165, 1.54) is 13.0 Å². The van der Waals surface area contributed by atoms with Gasteiger partial charge in [0.2, 0.25) is 0 Å². The fourth-order valence-electron chi connectivity index (χ4n) is 3.27. The maximum Gasteiger partial charge on any atom is 0.163 e. The number of aromatic amines is 1. The molecule has 0 amide bonds. The molecule has 0 aliphatic carbocycles. The third-order valence-electron chi connectivity index (χ3n) is 5.06. The molecule has 0 saturated heterocycles. The van der Waals surface area contributed by atoms with E-state index in [0.717, 1.165) is 36.8 Å². The standard InChI is InChI=1S/C14H10BrNO.C8H7BrO2.C6H8N2/c15-10-5-6-14(17)11(8-10)13-7-9-3-1-2-4-12(9)16-13;1-5(10)7-4-6(9)2-3-8(7)11;7-8-6-4-2-1-3-5-6/h1-8,16-17H;2-4,11H,1H3;1-5,8H,7H2. The van der Waals surface area contributed by atoms with Crippen molar-refractivity contribution < 1.29 is 15.0 Å². The van der Waals surface area contributed by atoms with Gasteiger partial charge in [-0.2, -0.15) is 0 Å². The number of nitrogens with two attached hydrogens (primary N) is 1. The van der Waals surface area contributed by atoms with Crippen molar-refractivity contribution in [1.82, 2.24) is 4.98 Å². The van der Waals surface area contributed by atoms with Crippen LogP contribution in [0.4, 0.5) is 5.69 Å². The first-order valence-electron chi connectivity index (χ1n) is 10.9. The van der Waals surface area contributed by atoms with Crippen LogP contribution in [-0.4, -0.2) is 21.0 Å². The minimum absolute atomic E-state index is 0.0284. The van der Waals surface area contributed by atoms with Gasteiger partial charge in [0.15, 0.2) is 5.78 Å². The minimum atomic E-state index is -0.135. The number of rotatable bonds is 3. The van der Waals surface area contributed by atoms with Crippen LogP contribution in [0.3, 0.4) is 0 Å². The number of H-pyrrole nitrogens is 1. The maximum absolute atomic E-state index is 10.8. The Morgan fingerprint density at radius 3 is 2.00 bits per heavy atom. The molecule has 0 aliphatic rings. The number of hydrogen-bond donors (Lipinski definition) is 5. The first-order valence-corrected chi connectivity index (χ1v) is 12.4. The van der Waals surface area contributed by atoms with E-state index < -0.39 is 0 Å². The second kappa shape index (κ2) is 12.9. The van der Waals surface area contributed by atoms with Crippen molar-refractivity contribution in [1.29, 1.82) is 0 Å². The van der Waals surface area contributed by atoms with Gasteiger partial charge in [0.25, 0.3) is 0 Å². The third kappa shape index (κ3) is 7.45. The van der Waals surface area contributed by atoms with E-state index in [4.69, 9.17) is 10.9 Å².